The van der Waals surface area contributed by atoms with Gasteiger partial charge in [-0.1, -0.05) is 11.6 Å². The van der Waals surface area contributed by atoms with Gasteiger partial charge in [-0.05, 0) is 48.8 Å². The van der Waals surface area contributed by atoms with E-state index in [1.165, 1.54) is 29.4 Å². The zero-order valence-electron chi connectivity index (χ0n) is 26.8. The third-order valence-corrected chi connectivity index (χ3v) is 10.9. The van der Waals surface area contributed by atoms with Gasteiger partial charge in [-0.15, -0.1) is 11.3 Å². The van der Waals surface area contributed by atoms with E-state index in [1.54, 1.807) is 9.80 Å². The van der Waals surface area contributed by atoms with Crippen LogP contribution in [0.25, 0.3) is 0 Å². The second-order valence-corrected chi connectivity index (χ2v) is 13.9. The van der Waals surface area contributed by atoms with Gasteiger partial charge in [0, 0.05) is 88.9 Å². The fourth-order valence-corrected chi connectivity index (χ4v) is 8.32. The summed E-state index contributed by atoms with van der Waals surface area (Å²) in [5.41, 5.74) is 0.797. The lowest BCUT2D eigenvalue weighted by Gasteiger charge is -2.41. The molecule has 1 atom stereocenters. The Bertz CT molecular complexity index is 1490. The molecule has 3 N–H and O–H groups in total. The second kappa shape index (κ2) is 14.7. The SMILES string of the molecule is CNc1c(Cl)cc(C[C@@H](OC(=O)N2CCC(N3Cc4cscc4NC3=O)CC2)C(=O)N2CCC(N3CCNCC3)CC2)cc1C(F)(F)F. The number of thiophene rings is 1. The van der Waals surface area contributed by atoms with Gasteiger partial charge in [-0.2, -0.15) is 13.2 Å². The van der Waals surface area contributed by atoms with Crippen LogP contribution in [0.2, 0.25) is 5.02 Å². The van der Waals surface area contributed by atoms with Crippen molar-refractivity contribution in [3.63, 3.8) is 0 Å². The van der Waals surface area contributed by atoms with E-state index >= 15 is 0 Å². The molecule has 0 spiro atoms. The number of nitrogens with one attached hydrogen (secondary N) is 3. The molecule has 48 heavy (non-hydrogen) atoms. The average Bonchev–Trinajstić information content (AvgIpc) is 3.54. The number of halogens is 4. The second-order valence-electron chi connectivity index (χ2n) is 12.8. The Kier molecular flexibility index (Phi) is 10.6. The normalized spacial score (nSPS) is 20.7. The highest BCUT2D eigenvalue weighted by atomic mass is 35.5. The standard InChI is InChI=1S/C32H41ClF3N7O4S/c1-37-28-24(32(34,35)36)14-20(15-25(28)33)16-27(29(44)41-8-2-22(3-9-41)40-12-6-38-7-13-40)47-31(46)42-10-4-23(5-11-42)43-17-21-18-48-19-26(21)39-30(43)45/h14-15,18-19,22-23,27,37-38H,2-13,16-17H2,1H3,(H,39,45)/t27-/m1/s1. The molecule has 1 aromatic heterocycles. The van der Waals surface area contributed by atoms with Crippen molar-refractivity contribution in [2.24, 2.45) is 0 Å². The third kappa shape index (κ3) is 7.63. The maximum Gasteiger partial charge on any atom is 0.418 e. The number of urea groups is 1. The number of carbonyl (C=O) groups excluding carboxylic acids is 3. The molecule has 1 aromatic carbocycles. The molecule has 11 nitrogen and oxygen atoms in total. The minimum Gasteiger partial charge on any atom is -0.436 e. The van der Waals surface area contributed by atoms with Gasteiger partial charge in [0.1, 0.15) is 0 Å². The number of anilines is 2. The Morgan fingerprint density at radius 1 is 1.02 bits per heavy atom. The highest BCUT2D eigenvalue weighted by Gasteiger charge is 2.39. The molecule has 0 bridgehead atoms. The Balaban J connectivity index is 1.14. The predicted octanol–water partition coefficient (Wildman–Crippen LogP) is 4.92. The van der Waals surface area contributed by atoms with E-state index in [4.69, 9.17) is 16.3 Å². The number of hydrogen-bond donors (Lipinski definition) is 3. The Morgan fingerprint density at radius 3 is 2.35 bits per heavy atom. The quantitative estimate of drug-likeness (QED) is 0.375. The van der Waals surface area contributed by atoms with Gasteiger partial charge in [0.25, 0.3) is 5.91 Å². The molecule has 4 amide bonds. The number of amides is 4. The highest BCUT2D eigenvalue weighted by Crippen LogP contribution is 2.40. The van der Waals surface area contributed by atoms with E-state index in [2.05, 4.69) is 20.9 Å². The minimum absolute atomic E-state index is 0.0786. The zero-order valence-corrected chi connectivity index (χ0v) is 28.4. The molecule has 5 heterocycles. The van der Waals surface area contributed by atoms with Crippen LogP contribution in [-0.4, -0.2) is 115 Å². The summed E-state index contributed by atoms with van der Waals surface area (Å²) >= 11 is 7.79. The van der Waals surface area contributed by atoms with Gasteiger partial charge in [0.2, 0.25) is 0 Å². The summed E-state index contributed by atoms with van der Waals surface area (Å²) in [5.74, 6) is -0.434. The first-order chi connectivity index (χ1) is 23.0. The number of hydrogen-bond acceptors (Lipinski definition) is 8. The van der Waals surface area contributed by atoms with Crippen LogP contribution in [0.4, 0.5) is 34.1 Å². The van der Waals surface area contributed by atoms with E-state index < -0.39 is 29.8 Å². The van der Waals surface area contributed by atoms with Gasteiger partial charge in [-0.25, -0.2) is 9.59 Å². The molecule has 0 unspecified atom stereocenters. The number of piperazine rings is 1. The zero-order chi connectivity index (χ0) is 34.0. The van der Waals surface area contributed by atoms with Crippen molar-refractivity contribution in [1.29, 1.82) is 0 Å². The molecule has 0 saturated carbocycles. The maximum absolute atomic E-state index is 14.0. The summed E-state index contributed by atoms with van der Waals surface area (Å²) in [6.45, 7) is 5.76. The number of rotatable bonds is 7. The molecule has 3 saturated heterocycles. The molecule has 4 aliphatic rings. The van der Waals surface area contributed by atoms with Gasteiger partial charge in [0.15, 0.2) is 6.10 Å². The monoisotopic (exact) mass is 711 g/mol. The molecule has 262 valence electrons. The summed E-state index contributed by atoms with van der Waals surface area (Å²) in [6.07, 6.45) is -4.43. The Morgan fingerprint density at radius 2 is 1.69 bits per heavy atom. The Labute approximate surface area is 286 Å². The lowest BCUT2D eigenvalue weighted by Crippen LogP contribution is -2.54. The number of fused-ring (bicyclic) bond motifs is 1. The minimum atomic E-state index is -4.69. The summed E-state index contributed by atoms with van der Waals surface area (Å²) < 4.78 is 47.8. The van der Waals surface area contributed by atoms with Crippen LogP contribution in [0, 0.1) is 0 Å². The first-order valence-electron chi connectivity index (χ1n) is 16.4. The van der Waals surface area contributed by atoms with Crippen LogP contribution < -0.4 is 16.0 Å². The van der Waals surface area contributed by atoms with Crippen molar-refractivity contribution >= 4 is 52.3 Å². The van der Waals surface area contributed by atoms with E-state index in [0.29, 0.717) is 51.6 Å². The largest absolute Gasteiger partial charge is 0.436 e. The summed E-state index contributed by atoms with van der Waals surface area (Å²) in [7, 11) is 1.36. The van der Waals surface area contributed by atoms with Crippen molar-refractivity contribution in [3.8, 4) is 0 Å². The number of carbonyl (C=O) groups is 3. The fourth-order valence-electron chi connectivity index (χ4n) is 7.20. The van der Waals surface area contributed by atoms with Crippen LogP contribution in [-0.2, 0) is 28.7 Å². The Hall–Kier alpha value is -3.27. The number of likely N-dealkylation sites (tertiary alicyclic amines) is 2. The van der Waals surface area contributed by atoms with Crippen LogP contribution in [0.5, 0.6) is 0 Å². The lowest BCUT2D eigenvalue weighted by molar-refractivity contribution is -0.142. The molecular weight excluding hydrogens is 671 g/mol. The third-order valence-electron chi connectivity index (χ3n) is 9.84. The van der Waals surface area contributed by atoms with Crippen LogP contribution in [0.1, 0.15) is 42.4 Å². The fraction of sp³-hybridized carbons (Fsp3) is 0.594. The van der Waals surface area contributed by atoms with E-state index in [9.17, 15) is 27.6 Å². The van der Waals surface area contributed by atoms with Gasteiger partial charge in [0.05, 0.1) is 28.5 Å². The van der Waals surface area contributed by atoms with Crippen molar-refractivity contribution in [2.45, 2.75) is 63.0 Å². The van der Waals surface area contributed by atoms with Crippen molar-refractivity contribution < 1.29 is 32.3 Å². The number of nitrogens with zero attached hydrogens (tertiary/aromatic N) is 4. The molecule has 3 fully saturated rings. The number of piperidine rings is 2. The molecule has 0 aliphatic carbocycles. The van der Waals surface area contributed by atoms with Crippen molar-refractivity contribution in [1.82, 2.24) is 24.9 Å². The van der Waals surface area contributed by atoms with Crippen molar-refractivity contribution in [2.75, 3.05) is 70.0 Å². The highest BCUT2D eigenvalue weighted by molar-refractivity contribution is 7.08. The molecule has 6 rings (SSSR count). The summed E-state index contributed by atoms with van der Waals surface area (Å²) in [6, 6.07) is 2.42. The average molecular weight is 712 g/mol. The van der Waals surface area contributed by atoms with Crippen LogP contribution in [0.15, 0.2) is 22.9 Å². The van der Waals surface area contributed by atoms with Gasteiger partial charge in [-0.3, -0.25) is 9.69 Å². The first-order valence-corrected chi connectivity index (χ1v) is 17.7. The van der Waals surface area contributed by atoms with Gasteiger partial charge < -0.3 is 35.4 Å². The smallest absolute Gasteiger partial charge is 0.418 e. The lowest BCUT2D eigenvalue weighted by atomic mass is 9.99. The number of ether oxygens (including phenoxy) is 1. The predicted molar refractivity (Wildman–Crippen MR) is 177 cm³/mol. The van der Waals surface area contributed by atoms with E-state index in [0.717, 1.165) is 56.3 Å². The molecule has 2 aromatic rings. The van der Waals surface area contributed by atoms with E-state index in [1.807, 2.05) is 10.8 Å². The summed E-state index contributed by atoms with van der Waals surface area (Å²) in [5, 5.41) is 12.6. The molecule has 16 heteroatoms. The maximum atomic E-state index is 14.0. The molecular formula is C32H41ClF3N7O4S. The van der Waals surface area contributed by atoms with Crippen LogP contribution >= 0.6 is 22.9 Å². The van der Waals surface area contributed by atoms with Crippen LogP contribution in [0.3, 0.4) is 0 Å². The first kappa shape index (κ1) is 34.6. The topological polar surface area (TPSA) is 109 Å². The van der Waals surface area contributed by atoms with Crippen molar-refractivity contribution in [3.05, 3.63) is 44.6 Å². The summed E-state index contributed by atoms with van der Waals surface area (Å²) in [4.78, 5) is 47.6. The molecule has 0 radical (unpaired) electrons. The van der Waals surface area contributed by atoms with Gasteiger partial charge >= 0.3 is 18.3 Å². The molecule has 4 aliphatic heterocycles. The number of alkyl halides is 3. The van der Waals surface area contributed by atoms with E-state index in [-0.39, 0.29) is 34.8 Å². The number of benzene rings is 1.